The molecule has 1 aromatic heterocycles. The van der Waals surface area contributed by atoms with Crippen molar-refractivity contribution in [3.05, 3.63) is 62.4 Å². The summed E-state index contributed by atoms with van der Waals surface area (Å²) in [5, 5.41) is 20.1. The lowest BCUT2D eigenvalue weighted by Crippen LogP contribution is -2.19. The number of ether oxygens (including phenoxy) is 1. The molecule has 0 bridgehead atoms. The maximum Gasteiger partial charge on any atom is 0.344 e. The molecule has 4 nitrogen and oxygen atoms in total. The lowest BCUT2D eigenvalue weighted by atomic mass is 9.98. The summed E-state index contributed by atoms with van der Waals surface area (Å²) in [6.45, 7) is 2.25. The topological polar surface area (TPSA) is 70.4 Å². The van der Waals surface area contributed by atoms with Crippen LogP contribution in [0.15, 0.2) is 23.1 Å². The minimum atomic E-state index is -2.14. The van der Waals surface area contributed by atoms with E-state index in [1.807, 2.05) is 0 Å². The van der Waals surface area contributed by atoms with E-state index < -0.39 is 57.4 Å². The molecule has 0 spiro atoms. The van der Waals surface area contributed by atoms with Crippen LogP contribution in [0.5, 0.6) is 0 Å². The Morgan fingerprint density at radius 2 is 1.81 bits per heavy atom. The lowest BCUT2D eigenvalue weighted by Gasteiger charge is -2.14. The van der Waals surface area contributed by atoms with Crippen molar-refractivity contribution in [2.75, 3.05) is 6.61 Å². The Morgan fingerprint density at radius 1 is 1.19 bits per heavy atom. The van der Waals surface area contributed by atoms with Crippen LogP contribution in [0.25, 0.3) is 5.76 Å². The summed E-state index contributed by atoms with van der Waals surface area (Å²) in [4.78, 5) is 12.4. The molecule has 0 aliphatic rings. The number of aliphatic hydroxyl groups is 1. The summed E-state index contributed by atoms with van der Waals surface area (Å²) in [6.07, 6.45) is 0. The van der Waals surface area contributed by atoms with Crippen LogP contribution in [0.2, 0.25) is 0 Å². The van der Waals surface area contributed by atoms with Gasteiger partial charge in [0.25, 0.3) is 0 Å². The van der Waals surface area contributed by atoms with Crippen molar-refractivity contribution >= 4 is 28.8 Å². The van der Waals surface area contributed by atoms with Crippen LogP contribution in [-0.4, -0.2) is 23.4 Å². The van der Waals surface area contributed by atoms with E-state index in [4.69, 9.17) is 10.1 Å². The molecule has 0 saturated carbocycles. The molecule has 2 N–H and O–H groups in total. The smallest absolute Gasteiger partial charge is 0.344 e. The van der Waals surface area contributed by atoms with Crippen molar-refractivity contribution in [3.8, 4) is 0 Å². The first-order chi connectivity index (χ1) is 12.2. The van der Waals surface area contributed by atoms with E-state index in [0.29, 0.717) is 0 Å². The molecular weight excluding hydrogens is 374 g/mol. The third-order valence-electron chi connectivity index (χ3n) is 3.47. The van der Waals surface area contributed by atoms with Crippen molar-refractivity contribution in [2.24, 2.45) is 0 Å². The van der Waals surface area contributed by atoms with Gasteiger partial charge in [-0.3, -0.25) is 5.41 Å². The van der Waals surface area contributed by atoms with E-state index in [-0.39, 0.29) is 11.5 Å². The van der Waals surface area contributed by atoms with Gasteiger partial charge in [-0.2, -0.15) is 0 Å². The highest BCUT2D eigenvalue weighted by Crippen LogP contribution is 2.31. The predicted molar refractivity (Wildman–Crippen MR) is 88.3 cm³/mol. The summed E-state index contributed by atoms with van der Waals surface area (Å²) in [7, 11) is 0. The molecule has 0 fully saturated rings. The first kappa shape index (κ1) is 19.6. The van der Waals surface area contributed by atoms with Gasteiger partial charge in [0.15, 0.2) is 23.3 Å². The summed E-state index contributed by atoms with van der Waals surface area (Å²) in [6, 6.07) is 3.02. The van der Waals surface area contributed by atoms with Crippen LogP contribution in [0.1, 0.15) is 22.9 Å². The van der Waals surface area contributed by atoms with E-state index in [0.717, 1.165) is 18.3 Å². The highest BCUT2D eigenvalue weighted by Gasteiger charge is 2.31. The van der Waals surface area contributed by atoms with Gasteiger partial charge in [-0.05, 0) is 25.3 Å². The number of rotatable bonds is 5. The Bertz CT molecular complexity index is 878. The molecular formula is C17H13F4NO3S. The van der Waals surface area contributed by atoms with Crippen LogP contribution in [-0.2, 0) is 9.53 Å². The van der Waals surface area contributed by atoms with Gasteiger partial charge in [0.05, 0.1) is 22.8 Å². The van der Waals surface area contributed by atoms with Crippen molar-refractivity contribution in [1.29, 1.82) is 5.41 Å². The van der Waals surface area contributed by atoms with Crippen LogP contribution in [0.4, 0.5) is 17.6 Å². The number of benzene rings is 1. The minimum Gasteiger partial charge on any atom is -0.506 e. The van der Waals surface area contributed by atoms with E-state index in [2.05, 4.69) is 0 Å². The van der Waals surface area contributed by atoms with Crippen molar-refractivity contribution in [2.45, 2.75) is 13.8 Å². The standard InChI is InChI=1S/C17H13F4NO3S/c1-3-25-17(24)10(15(22)8-5-4-6-26-8)16(23)9-7(2)11(18)13(20)14(21)12(9)19/h4-6,22-23H,3H2,1-2H3. The highest BCUT2D eigenvalue weighted by molar-refractivity contribution is 7.12. The number of hydrogen-bond acceptors (Lipinski definition) is 5. The van der Waals surface area contributed by atoms with Gasteiger partial charge in [-0.15, -0.1) is 11.3 Å². The quantitative estimate of drug-likeness (QED) is 0.151. The number of carbonyl (C=O) groups is 1. The molecule has 9 heteroatoms. The first-order valence-electron chi connectivity index (χ1n) is 7.28. The molecule has 0 amide bonds. The van der Waals surface area contributed by atoms with Gasteiger partial charge in [0.2, 0.25) is 0 Å². The van der Waals surface area contributed by atoms with Crippen LogP contribution < -0.4 is 0 Å². The molecule has 26 heavy (non-hydrogen) atoms. The average molecular weight is 387 g/mol. The van der Waals surface area contributed by atoms with Crippen LogP contribution in [0.3, 0.4) is 0 Å². The molecule has 2 rings (SSSR count). The first-order valence-corrected chi connectivity index (χ1v) is 8.16. The van der Waals surface area contributed by atoms with Crippen molar-refractivity contribution in [1.82, 2.24) is 0 Å². The molecule has 0 radical (unpaired) electrons. The van der Waals surface area contributed by atoms with E-state index in [1.165, 1.54) is 13.0 Å². The van der Waals surface area contributed by atoms with Crippen LogP contribution in [0, 0.1) is 35.6 Å². The molecule has 1 heterocycles. The number of halogens is 4. The van der Waals surface area contributed by atoms with Gasteiger partial charge >= 0.3 is 5.97 Å². The maximum absolute atomic E-state index is 14.2. The molecule has 0 atom stereocenters. The Kier molecular flexibility index (Phi) is 5.81. The third kappa shape index (κ3) is 3.34. The zero-order valence-electron chi connectivity index (χ0n) is 13.6. The SMILES string of the molecule is CCOC(=O)C(C(=N)c1cccs1)=C(O)c1c(C)c(F)c(F)c(F)c1F. The van der Waals surface area contributed by atoms with Gasteiger partial charge in [0, 0.05) is 5.56 Å². The highest BCUT2D eigenvalue weighted by atomic mass is 32.1. The van der Waals surface area contributed by atoms with Crippen molar-refractivity contribution in [3.63, 3.8) is 0 Å². The predicted octanol–water partition coefficient (Wildman–Crippen LogP) is 4.51. The zero-order valence-corrected chi connectivity index (χ0v) is 14.4. The summed E-state index contributed by atoms with van der Waals surface area (Å²) in [5.41, 5.74) is -3.12. The second-order valence-corrected chi connectivity index (χ2v) is 6.00. The monoisotopic (exact) mass is 387 g/mol. The Morgan fingerprint density at radius 3 is 2.35 bits per heavy atom. The molecule has 0 aliphatic carbocycles. The molecule has 2 aromatic rings. The fraction of sp³-hybridized carbons (Fsp3) is 0.176. The second-order valence-electron chi connectivity index (χ2n) is 5.05. The Labute approximate surface area is 149 Å². The fourth-order valence-electron chi connectivity index (χ4n) is 2.21. The third-order valence-corrected chi connectivity index (χ3v) is 4.36. The number of hydrogen-bond donors (Lipinski definition) is 2. The fourth-order valence-corrected chi connectivity index (χ4v) is 2.89. The molecule has 1 aromatic carbocycles. The zero-order chi connectivity index (χ0) is 19.6. The lowest BCUT2D eigenvalue weighted by molar-refractivity contribution is -0.137. The molecule has 0 saturated heterocycles. The van der Waals surface area contributed by atoms with E-state index >= 15 is 0 Å². The van der Waals surface area contributed by atoms with Gasteiger partial charge in [-0.1, -0.05) is 6.07 Å². The Balaban J connectivity index is 2.79. The molecule has 0 unspecified atom stereocenters. The number of aliphatic hydroxyl groups excluding tert-OH is 1. The van der Waals surface area contributed by atoms with Gasteiger partial charge < -0.3 is 9.84 Å². The minimum absolute atomic E-state index is 0.124. The number of carbonyl (C=O) groups excluding carboxylic acids is 1. The summed E-state index contributed by atoms with van der Waals surface area (Å²) in [5.74, 6) is -10.2. The summed E-state index contributed by atoms with van der Waals surface area (Å²) >= 11 is 1.05. The number of nitrogens with one attached hydrogen (secondary N) is 1. The van der Waals surface area contributed by atoms with E-state index in [1.54, 1.807) is 11.4 Å². The van der Waals surface area contributed by atoms with Crippen molar-refractivity contribution < 1.29 is 32.2 Å². The average Bonchev–Trinajstić information content (AvgIpc) is 3.13. The number of thiophene rings is 1. The van der Waals surface area contributed by atoms with Crippen LogP contribution >= 0.6 is 11.3 Å². The largest absolute Gasteiger partial charge is 0.506 e. The summed E-state index contributed by atoms with van der Waals surface area (Å²) < 4.78 is 59.6. The van der Waals surface area contributed by atoms with Gasteiger partial charge in [-0.25, -0.2) is 22.4 Å². The molecule has 0 aliphatic heterocycles. The number of esters is 1. The van der Waals surface area contributed by atoms with E-state index in [9.17, 15) is 27.5 Å². The second kappa shape index (κ2) is 7.69. The normalized spacial score (nSPS) is 11.9. The molecule has 138 valence electrons. The maximum atomic E-state index is 14.2. The Hall–Kier alpha value is -2.68. The van der Waals surface area contributed by atoms with Gasteiger partial charge in [0.1, 0.15) is 11.3 Å².